The number of fused-ring (bicyclic) bond motifs is 8. The fraction of sp³-hybridized carbons (Fsp3) is 0.0833. The minimum absolute atomic E-state index is 1.06. The molecule has 0 nitrogen and oxygen atoms in total. The molecule has 2 aliphatic rings. The maximum absolute atomic E-state index is 2.39. The molecule has 0 aliphatic heterocycles. The third-order valence-electron chi connectivity index (χ3n) is 5.70. The van der Waals surface area contributed by atoms with Gasteiger partial charge in [0, 0.05) is 0 Å². The first-order chi connectivity index (χ1) is 11.9. The quantitative estimate of drug-likeness (QED) is 0.324. The molecule has 0 saturated carbocycles. The van der Waals surface area contributed by atoms with E-state index >= 15 is 0 Å². The Labute approximate surface area is 141 Å². The highest BCUT2D eigenvalue weighted by Crippen LogP contribution is 2.48. The van der Waals surface area contributed by atoms with Gasteiger partial charge in [0.2, 0.25) is 0 Å². The smallest absolute Gasteiger partial charge is 0.000695 e. The Morgan fingerprint density at radius 2 is 1.29 bits per heavy atom. The third-order valence-corrected chi connectivity index (χ3v) is 5.70. The molecule has 2 aliphatic carbocycles. The highest BCUT2D eigenvalue weighted by molar-refractivity contribution is 5.95. The Morgan fingerprint density at radius 1 is 0.500 bits per heavy atom. The lowest BCUT2D eigenvalue weighted by Crippen LogP contribution is -1.88. The van der Waals surface area contributed by atoms with E-state index in [1.807, 2.05) is 0 Å². The van der Waals surface area contributed by atoms with Crippen LogP contribution >= 0.6 is 0 Å². The molecular formula is C24H16. The van der Waals surface area contributed by atoms with Gasteiger partial charge >= 0.3 is 0 Å². The van der Waals surface area contributed by atoms with Crippen molar-refractivity contribution in [1.82, 2.24) is 0 Å². The molecule has 0 amide bonds. The Kier molecular flexibility index (Phi) is 2.28. The maximum Gasteiger partial charge on any atom is -0.000695 e. The van der Waals surface area contributed by atoms with E-state index in [1.54, 1.807) is 0 Å². The average Bonchev–Trinajstić information content (AvgIpc) is 3.17. The van der Waals surface area contributed by atoms with Gasteiger partial charge in [0.15, 0.2) is 0 Å². The molecule has 4 aromatic carbocycles. The topological polar surface area (TPSA) is 0 Å². The molecular weight excluding hydrogens is 288 g/mol. The van der Waals surface area contributed by atoms with Crippen LogP contribution in [0.3, 0.4) is 0 Å². The Hall–Kier alpha value is -2.86. The molecule has 0 bridgehead atoms. The molecule has 0 N–H and O–H groups in total. The summed E-state index contributed by atoms with van der Waals surface area (Å²) in [6, 6.07) is 27.1. The monoisotopic (exact) mass is 304 g/mol. The van der Waals surface area contributed by atoms with Crippen LogP contribution in [-0.4, -0.2) is 0 Å². The molecule has 0 radical (unpaired) electrons. The summed E-state index contributed by atoms with van der Waals surface area (Å²) in [5, 5.41) is 2.69. The SMILES string of the molecule is c1ccc2c(c1)Cc1ccc3c(c1-2)Cc1cc2ccccc2cc1-3. The van der Waals surface area contributed by atoms with Crippen molar-refractivity contribution >= 4 is 10.8 Å². The lowest BCUT2D eigenvalue weighted by Gasteiger charge is -2.09. The van der Waals surface area contributed by atoms with Gasteiger partial charge in [-0.25, -0.2) is 0 Å². The molecule has 24 heavy (non-hydrogen) atoms. The summed E-state index contributed by atoms with van der Waals surface area (Å²) in [5.74, 6) is 0. The molecule has 0 atom stereocenters. The van der Waals surface area contributed by atoms with E-state index in [4.69, 9.17) is 0 Å². The first-order valence-electron chi connectivity index (χ1n) is 8.63. The van der Waals surface area contributed by atoms with E-state index < -0.39 is 0 Å². The van der Waals surface area contributed by atoms with Crippen molar-refractivity contribution < 1.29 is 0 Å². The van der Waals surface area contributed by atoms with Crippen molar-refractivity contribution in [2.45, 2.75) is 12.8 Å². The van der Waals surface area contributed by atoms with E-state index in [2.05, 4.69) is 72.8 Å². The van der Waals surface area contributed by atoms with Gasteiger partial charge in [-0.2, -0.15) is 0 Å². The van der Waals surface area contributed by atoms with E-state index in [0.717, 1.165) is 12.8 Å². The van der Waals surface area contributed by atoms with Gasteiger partial charge in [-0.05, 0) is 74.2 Å². The number of benzene rings is 4. The van der Waals surface area contributed by atoms with Crippen LogP contribution in [0.2, 0.25) is 0 Å². The van der Waals surface area contributed by atoms with E-state index in [1.165, 1.54) is 55.3 Å². The fourth-order valence-corrected chi connectivity index (χ4v) is 4.61. The summed E-state index contributed by atoms with van der Waals surface area (Å²) >= 11 is 0. The Morgan fingerprint density at radius 3 is 2.21 bits per heavy atom. The van der Waals surface area contributed by atoms with Crippen LogP contribution in [0.15, 0.2) is 72.8 Å². The van der Waals surface area contributed by atoms with Gasteiger partial charge < -0.3 is 0 Å². The minimum atomic E-state index is 1.06. The highest BCUT2D eigenvalue weighted by atomic mass is 14.3. The van der Waals surface area contributed by atoms with E-state index in [9.17, 15) is 0 Å². The molecule has 4 aromatic rings. The van der Waals surface area contributed by atoms with Crippen LogP contribution < -0.4 is 0 Å². The zero-order valence-corrected chi connectivity index (χ0v) is 13.3. The summed E-state index contributed by atoms with van der Waals surface area (Å²) in [5.41, 5.74) is 11.8. The highest BCUT2D eigenvalue weighted by Gasteiger charge is 2.28. The van der Waals surface area contributed by atoms with Gasteiger partial charge in [-0.1, -0.05) is 66.7 Å². The van der Waals surface area contributed by atoms with Crippen molar-refractivity contribution in [3.05, 3.63) is 95.1 Å². The average molecular weight is 304 g/mol. The molecule has 112 valence electrons. The fourth-order valence-electron chi connectivity index (χ4n) is 4.61. The van der Waals surface area contributed by atoms with Crippen molar-refractivity contribution in [3.63, 3.8) is 0 Å². The summed E-state index contributed by atoms with van der Waals surface area (Å²) in [6.07, 6.45) is 2.14. The Balaban J connectivity index is 1.65. The van der Waals surface area contributed by atoms with Gasteiger partial charge in [0.05, 0.1) is 0 Å². The zero-order chi connectivity index (χ0) is 15.7. The predicted molar refractivity (Wildman–Crippen MR) is 100 cm³/mol. The summed E-state index contributed by atoms with van der Waals surface area (Å²) < 4.78 is 0. The lowest BCUT2D eigenvalue weighted by molar-refractivity contribution is 1.24. The van der Waals surface area contributed by atoms with Crippen molar-refractivity contribution in [1.29, 1.82) is 0 Å². The van der Waals surface area contributed by atoms with Crippen LogP contribution in [-0.2, 0) is 12.8 Å². The van der Waals surface area contributed by atoms with Gasteiger partial charge in [0.1, 0.15) is 0 Å². The van der Waals surface area contributed by atoms with Crippen LogP contribution in [0.1, 0.15) is 22.3 Å². The van der Waals surface area contributed by atoms with Crippen LogP contribution in [0.4, 0.5) is 0 Å². The van der Waals surface area contributed by atoms with Crippen LogP contribution in [0.25, 0.3) is 33.0 Å². The molecule has 0 aromatic heterocycles. The first kappa shape index (κ1) is 12.5. The van der Waals surface area contributed by atoms with Crippen LogP contribution in [0.5, 0.6) is 0 Å². The predicted octanol–water partition coefficient (Wildman–Crippen LogP) is 5.98. The third kappa shape index (κ3) is 1.53. The molecule has 0 heteroatoms. The molecule has 6 rings (SSSR count). The largest absolute Gasteiger partial charge is 0.0619 e. The standard InChI is InChI=1S/C24H16/c1-2-6-16-13-22-19(11-15(16)5-1)14-23-21(22)10-9-18-12-17-7-3-4-8-20(17)24(18)23/h1-11,13H,12,14H2. The van der Waals surface area contributed by atoms with Crippen LogP contribution in [0, 0.1) is 0 Å². The summed E-state index contributed by atoms with van der Waals surface area (Å²) in [6.45, 7) is 0. The summed E-state index contributed by atoms with van der Waals surface area (Å²) in [7, 11) is 0. The second-order valence-electron chi connectivity index (χ2n) is 6.99. The van der Waals surface area contributed by atoms with E-state index in [0.29, 0.717) is 0 Å². The number of hydrogen-bond acceptors (Lipinski definition) is 0. The summed E-state index contributed by atoms with van der Waals surface area (Å²) in [4.78, 5) is 0. The molecule has 0 spiro atoms. The van der Waals surface area contributed by atoms with Crippen molar-refractivity contribution in [2.24, 2.45) is 0 Å². The van der Waals surface area contributed by atoms with Gasteiger partial charge in [0.25, 0.3) is 0 Å². The normalized spacial score (nSPS) is 13.5. The minimum Gasteiger partial charge on any atom is -0.0619 e. The Bertz CT molecular complexity index is 1150. The van der Waals surface area contributed by atoms with Crippen molar-refractivity contribution in [2.75, 3.05) is 0 Å². The van der Waals surface area contributed by atoms with Gasteiger partial charge in [-0.3, -0.25) is 0 Å². The van der Waals surface area contributed by atoms with Gasteiger partial charge in [-0.15, -0.1) is 0 Å². The zero-order valence-electron chi connectivity index (χ0n) is 13.3. The number of rotatable bonds is 0. The van der Waals surface area contributed by atoms with Crippen molar-refractivity contribution in [3.8, 4) is 22.3 Å². The molecule has 0 saturated heterocycles. The number of hydrogen-bond donors (Lipinski definition) is 0. The second-order valence-corrected chi connectivity index (χ2v) is 6.99. The lowest BCUT2D eigenvalue weighted by atomic mass is 9.95. The van der Waals surface area contributed by atoms with E-state index in [-0.39, 0.29) is 0 Å². The molecule has 0 unspecified atom stereocenters. The first-order valence-corrected chi connectivity index (χ1v) is 8.63. The maximum atomic E-state index is 2.39. The molecule has 0 heterocycles. The molecule has 0 fully saturated rings. The second kappa shape index (κ2) is 4.36.